The molecular weight excluding hydrogens is 348 g/mol. The minimum Gasteiger partial charge on any atom is -0.454 e. The third-order valence-electron chi connectivity index (χ3n) is 3.79. The van der Waals surface area contributed by atoms with Crippen molar-refractivity contribution in [3.8, 4) is 0 Å². The van der Waals surface area contributed by atoms with Crippen LogP contribution in [-0.2, 0) is 29.1 Å². The number of carbonyl (C=O) groups is 3. The third-order valence-corrected chi connectivity index (χ3v) is 4.91. The van der Waals surface area contributed by atoms with Gasteiger partial charge in [0, 0.05) is 13.0 Å². The Kier molecular flexibility index (Phi) is 5.78. The molecule has 2 rings (SSSR count). The predicted octanol–water partition coefficient (Wildman–Crippen LogP) is 0.453. The number of benzene rings is 1. The smallest absolute Gasteiger partial charge is 0.327 e. The van der Waals surface area contributed by atoms with Gasteiger partial charge in [-0.15, -0.1) is 0 Å². The number of anilines is 1. The van der Waals surface area contributed by atoms with Crippen LogP contribution in [-0.4, -0.2) is 57.1 Å². The Morgan fingerprint density at radius 2 is 1.96 bits per heavy atom. The Morgan fingerprint density at radius 1 is 1.28 bits per heavy atom. The lowest BCUT2D eigenvalue weighted by Crippen LogP contribution is -2.39. The lowest BCUT2D eigenvalue weighted by molar-refractivity contribution is -0.153. The monoisotopic (exact) mass is 368 g/mol. The number of ether oxygens (including phenoxy) is 1. The molecule has 0 spiro atoms. The Labute approximate surface area is 146 Å². The van der Waals surface area contributed by atoms with Gasteiger partial charge in [-0.1, -0.05) is 18.2 Å². The highest BCUT2D eigenvalue weighted by molar-refractivity contribution is 7.92. The highest BCUT2D eigenvalue weighted by Gasteiger charge is 2.28. The van der Waals surface area contributed by atoms with E-state index in [2.05, 4.69) is 0 Å². The maximum absolute atomic E-state index is 12.0. The SMILES string of the molecule is Cc1ccccc1N(CC(=O)OCC(=O)N1CCCC1=O)S(C)(=O)=O. The highest BCUT2D eigenvalue weighted by atomic mass is 32.2. The van der Waals surface area contributed by atoms with Crippen LogP contribution in [0.5, 0.6) is 0 Å². The van der Waals surface area contributed by atoms with E-state index in [0.717, 1.165) is 15.5 Å². The molecule has 25 heavy (non-hydrogen) atoms. The standard InChI is InChI=1S/C16H20N2O6S/c1-12-6-3-4-7-13(12)18(25(2,22)23)10-16(21)24-11-15(20)17-9-5-8-14(17)19/h3-4,6-7H,5,8-11H2,1-2H3. The number of likely N-dealkylation sites (tertiary alicyclic amines) is 1. The zero-order chi connectivity index (χ0) is 18.6. The number of hydrogen-bond acceptors (Lipinski definition) is 6. The van der Waals surface area contributed by atoms with E-state index < -0.39 is 35.1 Å². The number of nitrogens with zero attached hydrogens (tertiary/aromatic N) is 2. The maximum Gasteiger partial charge on any atom is 0.327 e. The van der Waals surface area contributed by atoms with Gasteiger partial charge >= 0.3 is 5.97 Å². The molecule has 1 aromatic carbocycles. The van der Waals surface area contributed by atoms with Crippen molar-refractivity contribution in [1.82, 2.24) is 4.90 Å². The van der Waals surface area contributed by atoms with E-state index in [1.807, 2.05) is 0 Å². The topological polar surface area (TPSA) is 101 Å². The van der Waals surface area contributed by atoms with Crippen LogP contribution < -0.4 is 4.31 Å². The molecular formula is C16H20N2O6S. The molecule has 0 saturated carbocycles. The van der Waals surface area contributed by atoms with Crippen molar-refractivity contribution in [3.05, 3.63) is 29.8 Å². The van der Waals surface area contributed by atoms with Crippen LogP contribution in [0.2, 0.25) is 0 Å². The van der Waals surface area contributed by atoms with Crippen LogP contribution in [0.1, 0.15) is 18.4 Å². The van der Waals surface area contributed by atoms with E-state index in [4.69, 9.17) is 4.74 Å². The van der Waals surface area contributed by atoms with Crippen LogP contribution in [0.25, 0.3) is 0 Å². The first-order valence-electron chi connectivity index (χ1n) is 7.72. The van der Waals surface area contributed by atoms with Crippen molar-refractivity contribution in [1.29, 1.82) is 0 Å². The lowest BCUT2D eigenvalue weighted by Gasteiger charge is -2.23. The molecule has 1 fully saturated rings. The number of imide groups is 1. The maximum atomic E-state index is 12.0. The third kappa shape index (κ3) is 4.79. The van der Waals surface area contributed by atoms with Crippen molar-refractivity contribution in [2.75, 3.05) is 30.3 Å². The molecule has 0 unspecified atom stereocenters. The minimum atomic E-state index is -3.72. The normalized spacial score (nSPS) is 14.5. The minimum absolute atomic E-state index is 0.293. The van der Waals surface area contributed by atoms with Gasteiger partial charge < -0.3 is 4.74 Å². The van der Waals surface area contributed by atoms with Gasteiger partial charge in [-0.3, -0.25) is 23.6 Å². The number of carbonyl (C=O) groups excluding carboxylic acids is 3. The fraction of sp³-hybridized carbons (Fsp3) is 0.438. The summed E-state index contributed by atoms with van der Waals surface area (Å²) < 4.78 is 29.8. The molecule has 1 aromatic rings. The van der Waals surface area contributed by atoms with E-state index in [1.54, 1.807) is 31.2 Å². The zero-order valence-corrected chi connectivity index (χ0v) is 14.9. The van der Waals surface area contributed by atoms with Gasteiger partial charge in [-0.25, -0.2) is 8.42 Å². The Hall–Kier alpha value is -2.42. The summed E-state index contributed by atoms with van der Waals surface area (Å²) in [6, 6.07) is 6.72. The molecule has 2 amide bonds. The van der Waals surface area contributed by atoms with E-state index in [9.17, 15) is 22.8 Å². The number of hydrogen-bond donors (Lipinski definition) is 0. The predicted molar refractivity (Wildman–Crippen MR) is 90.3 cm³/mol. The first-order valence-corrected chi connectivity index (χ1v) is 9.57. The second-order valence-electron chi connectivity index (χ2n) is 5.76. The lowest BCUT2D eigenvalue weighted by atomic mass is 10.2. The molecule has 0 aromatic heterocycles. The zero-order valence-electron chi connectivity index (χ0n) is 14.1. The van der Waals surface area contributed by atoms with Crippen LogP contribution >= 0.6 is 0 Å². The largest absolute Gasteiger partial charge is 0.454 e. The van der Waals surface area contributed by atoms with Gasteiger partial charge in [0.05, 0.1) is 11.9 Å². The molecule has 0 radical (unpaired) electrons. The van der Waals surface area contributed by atoms with Crippen molar-refractivity contribution in [2.24, 2.45) is 0 Å². The van der Waals surface area contributed by atoms with Crippen molar-refractivity contribution >= 4 is 33.5 Å². The molecule has 136 valence electrons. The first kappa shape index (κ1) is 18.9. The highest BCUT2D eigenvalue weighted by Crippen LogP contribution is 2.21. The average molecular weight is 368 g/mol. The van der Waals surface area contributed by atoms with Gasteiger partial charge in [0.25, 0.3) is 5.91 Å². The number of sulfonamides is 1. The summed E-state index contributed by atoms with van der Waals surface area (Å²) in [4.78, 5) is 36.4. The van der Waals surface area contributed by atoms with Gasteiger partial charge in [-0.05, 0) is 25.0 Å². The summed E-state index contributed by atoms with van der Waals surface area (Å²) in [5.74, 6) is -1.76. The van der Waals surface area contributed by atoms with Crippen LogP contribution in [0.15, 0.2) is 24.3 Å². The summed E-state index contributed by atoms with van der Waals surface area (Å²) in [5.41, 5.74) is 1.04. The molecule has 8 nitrogen and oxygen atoms in total. The molecule has 0 aliphatic carbocycles. The summed E-state index contributed by atoms with van der Waals surface area (Å²) in [7, 11) is -3.72. The Morgan fingerprint density at radius 3 is 2.52 bits per heavy atom. The number of aryl methyl sites for hydroxylation is 1. The average Bonchev–Trinajstić information content (AvgIpc) is 2.96. The molecule has 1 aliphatic heterocycles. The van der Waals surface area contributed by atoms with Crippen molar-refractivity contribution in [3.63, 3.8) is 0 Å². The van der Waals surface area contributed by atoms with E-state index in [1.165, 1.54) is 0 Å². The number of esters is 1. The molecule has 0 bridgehead atoms. The summed E-state index contributed by atoms with van der Waals surface area (Å²) in [6.45, 7) is 0.899. The van der Waals surface area contributed by atoms with Gasteiger partial charge in [0.2, 0.25) is 15.9 Å². The summed E-state index contributed by atoms with van der Waals surface area (Å²) in [6.07, 6.45) is 1.88. The molecule has 9 heteroatoms. The van der Waals surface area contributed by atoms with Gasteiger partial charge in [0.1, 0.15) is 6.54 Å². The number of rotatable bonds is 6. The molecule has 1 aliphatic rings. The number of amides is 2. The molecule has 0 N–H and O–H groups in total. The molecule has 1 saturated heterocycles. The van der Waals surface area contributed by atoms with E-state index in [-0.39, 0.29) is 5.91 Å². The quantitative estimate of drug-likeness (QED) is 0.676. The second-order valence-corrected chi connectivity index (χ2v) is 7.67. The fourth-order valence-electron chi connectivity index (χ4n) is 2.52. The van der Waals surface area contributed by atoms with Gasteiger partial charge in [-0.2, -0.15) is 0 Å². The molecule has 0 atom stereocenters. The van der Waals surface area contributed by atoms with Crippen molar-refractivity contribution in [2.45, 2.75) is 19.8 Å². The van der Waals surface area contributed by atoms with Crippen LogP contribution in [0, 0.1) is 6.92 Å². The summed E-state index contributed by atoms with van der Waals surface area (Å²) >= 11 is 0. The second kappa shape index (κ2) is 7.64. The first-order chi connectivity index (χ1) is 11.7. The van der Waals surface area contributed by atoms with Crippen molar-refractivity contribution < 1.29 is 27.5 Å². The Bertz CT molecular complexity index is 790. The van der Waals surface area contributed by atoms with Crippen LogP contribution in [0.4, 0.5) is 5.69 Å². The number of para-hydroxylation sites is 1. The van der Waals surface area contributed by atoms with Crippen LogP contribution in [0.3, 0.4) is 0 Å². The molecule has 1 heterocycles. The Balaban J connectivity index is 2.02. The van der Waals surface area contributed by atoms with Gasteiger partial charge in [0.15, 0.2) is 6.61 Å². The summed E-state index contributed by atoms with van der Waals surface area (Å²) in [5, 5.41) is 0. The van der Waals surface area contributed by atoms with E-state index >= 15 is 0 Å². The fourth-order valence-corrected chi connectivity index (χ4v) is 3.42. The van der Waals surface area contributed by atoms with E-state index in [0.29, 0.717) is 30.6 Å².